The van der Waals surface area contributed by atoms with Gasteiger partial charge in [-0.15, -0.1) is 0 Å². The second-order valence-electron chi connectivity index (χ2n) is 8.05. The van der Waals surface area contributed by atoms with Crippen molar-refractivity contribution in [2.45, 2.75) is 33.2 Å². The average Bonchev–Trinajstić information content (AvgIpc) is 3.27. The van der Waals surface area contributed by atoms with Crippen LogP contribution >= 0.6 is 0 Å². The van der Waals surface area contributed by atoms with E-state index in [2.05, 4.69) is 15.3 Å². The fourth-order valence-electron chi connectivity index (χ4n) is 3.94. The summed E-state index contributed by atoms with van der Waals surface area (Å²) in [4.78, 5) is 21.1. The van der Waals surface area contributed by atoms with Crippen LogP contribution < -0.4 is 15.8 Å². The van der Waals surface area contributed by atoms with E-state index in [9.17, 15) is 9.18 Å². The summed E-state index contributed by atoms with van der Waals surface area (Å²) in [7, 11) is 1.43. The molecule has 10 nitrogen and oxygen atoms in total. The van der Waals surface area contributed by atoms with Crippen molar-refractivity contribution in [3.8, 4) is 17.0 Å². The van der Waals surface area contributed by atoms with Crippen molar-refractivity contribution in [1.29, 1.82) is 0 Å². The number of hydrogen-bond donors (Lipinski definition) is 2. The molecule has 2 heterocycles. The van der Waals surface area contributed by atoms with Gasteiger partial charge in [0.1, 0.15) is 29.4 Å². The monoisotopic (exact) mass is 508 g/mol. The fourth-order valence-corrected chi connectivity index (χ4v) is 3.94. The third-order valence-corrected chi connectivity index (χ3v) is 5.67. The number of ether oxygens (including phenoxy) is 3. The molecule has 3 N–H and O–H groups in total. The second kappa shape index (κ2) is 11.8. The summed E-state index contributed by atoms with van der Waals surface area (Å²) in [5.74, 6) is -0.337. The number of nitrogen functional groups attached to an aromatic ring is 1. The van der Waals surface area contributed by atoms with Gasteiger partial charge in [0.2, 0.25) is 0 Å². The van der Waals surface area contributed by atoms with Crippen molar-refractivity contribution in [3.63, 3.8) is 0 Å². The minimum atomic E-state index is -0.515. The zero-order valence-corrected chi connectivity index (χ0v) is 20.9. The highest BCUT2D eigenvalue weighted by Crippen LogP contribution is 2.30. The summed E-state index contributed by atoms with van der Waals surface area (Å²) in [6.45, 7) is 5.37. The molecule has 0 atom stereocenters. The number of nitrogens with one attached hydrogen (secondary N) is 1. The molecule has 0 aliphatic heterocycles. The van der Waals surface area contributed by atoms with Crippen molar-refractivity contribution in [3.05, 3.63) is 65.7 Å². The lowest BCUT2D eigenvalue weighted by Gasteiger charge is -2.16. The Hall–Kier alpha value is -4.09. The number of nitrogens with zero attached hydrogens (tertiary/aromatic N) is 4. The van der Waals surface area contributed by atoms with Gasteiger partial charge in [0.15, 0.2) is 11.9 Å². The highest BCUT2D eigenvalue weighted by atomic mass is 19.1. The molecule has 0 aliphatic carbocycles. The molecular formula is C26H29FN6O4. The Bertz CT molecular complexity index is 1370. The van der Waals surface area contributed by atoms with Gasteiger partial charge in [0.25, 0.3) is 5.91 Å². The molecule has 0 saturated carbocycles. The average molecular weight is 509 g/mol. The molecule has 4 aromatic rings. The Kier molecular flexibility index (Phi) is 8.26. The molecule has 0 bridgehead atoms. The molecule has 0 spiro atoms. The maximum Gasteiger partial charge on any atom is 0.255 e. The standard InChI is InChI=1S/C26H29FN6O4/c1-4-36-21(37-5-2)14-33-25-22(24(28)30-15-31-25)23(32-33)17-8-6-16(7-9-17)13-29-26(34)19-12-18(27)10-11-20(19)35-3/h6-12,15,21H,4-5,13-14H2,1-3H3,(H,29,34)(H2,28,30,31). The van der Waals surface area contributed by atoms with Gasteiger partial charge in [-0.3, -0.25) is 4.79 Å². The van der Waals surface area contributed by atoms with E-state index in [0.29, 0.717) is 48.1 Å². The van der Waals surface area contributed by atoms with Crippen molar-refractivity contribution < 1.29 is 23.4 Å². The lowest BCUT2D eigenvalue weighted by atomic mass is 10.1. The lowest BCUT2D eigenvalue weighted by Crippen LogP contribution is -2.24. The minimum absolute atomic E-state index is 0.129. The minimum Gasteiger partial charge on any atom is -0.496 e. The van der Waals surface area contributed by atoms with Crippen LogP contribution in [-0.2, 0) is 22.6 Å². The topological polar surface area (TPSA) is 126 Å². The van der Waals surface area contributed by atoms with Crippen molar-refractivity contribution in [2.75, 3.05) is 26.1 Å². The number of aromatic nitrogens is 4. The van der Waals surface area contributed by atoms with Crippen LogP contribution in [0.5, 0.6) is 5.75 Å². The van der Waals surface area contributed by atoms with Crippen LogP contribution in [0.15, 0.2) is 48.8 Å². The van der Waals surface area contributed by atoms with Crippen molar-refractivity contribution in [1.82, 2.24) is 25.1 Å². The van der Waals surface area contributed by atoms with Crippen LogP contribution in [-0.4, -0.2) is 52.3 Å². The van der Waals surface area contributed by atoms with Crippen LogP contribution in [0.3, 0.4) is 0 Å². The summed E-state index contributed by atoms with van der Waals surface area (Å²) < 4.78 is 31.8. The van der Waals surface area contributed by atoms with Gasteiger partial charge in [-0.05, 0) is 37.6 Å². The number of fused-ring (bicyclic) bond motifs is 1. The Balaban J connectivity index is 1.55. The Labute approximate surface area is 213 Å². The van der Waals surface area contributed by atoms with Gasteiger partial charge >= 0.3 is 0 Å². The maximum atomic E-state index is 13.6. The number of nitrogens with two attached hydrogens (primary N) is 1. The van der Waals surface area contributed by atoms with E-state index >= 15 is 0 Å². The third kappa shape index (κ3) is 5.84. The molecule has 11 heteroatoms. The Morgan fingerprint density at radius 1 is 1.11 bits per heavy atom. The highest BCUT2D eigenvalue weighted by Gasteiger charge is 2.20. The van der Waals surface area contributed by atoms with Crippen LogP contribution in [0.25, 0.3) is 22.3 Å². The van der Waals surface area contributed by atoms with Gasteiger partial charge in [0.05, 0.1) is 24.6 Å². The third-order valence-electron chi connectivity index (χ3n) is 5.67. The first-order valence-electron chi connectivity index (χ1n) is 11.9. The van der Waals surface area contributed by atoms with E-state index in [1.54, 1.807) is 4.68 Å². The molecule has 0 fully saturated rings. The molecule has 37 heavy (non-hydrogen) atoms. The molecule has 4 rings (SSSR count). The molecule has 2 aromatic heterocycles. The van der Waals surface area contributed by atoms with Crippen LogP contribution in [0.1, 0.15) is 29.8 Å². The highest BCUT2D eigenvalue weighted by molar-refractivity contribution is 5.98. The van der Waals surface area contributed by atoms with E-state index in [1.165, 1.54) is 25.6 Å². The summed E-state index contributed by atoms with van der Waals surface area (Å²) in [6.07, 6.45) is 0.917. The summed E-state index contributed by atoms with van der Waals surface area (Å²) >= 11 is 0. The predicted octanol–water partition coefficient (Wildman–Crippen LogP) is 3.55. The van der Waals surface area contributed by atoms with E-state index < -0.39 is 18.0 Å². The fraction of sp³-hybridized carbons (Fsp3) is 0.308. The normalized spacial score (nSPS) is 11.3. The first kappa shape index (κ1) is 26.0. The molecule has 0 aliphatic rings. The van der Waals surface area contributed by atoms with Crippen molar-refractivity contribution >= 4 is 22.8 Å². The number of benzene rings is 2. The van der Waals surface area contributed by atoms with Gasteiger partial charge in [0, 0.05) is 25.3 Å². The molecule has 0 unspecified atom stereocenters. The molecule has 2 aromatic carbocycles. The number of carbonyl (C=O) groups excluding carboxylic acids is 1. The predicted molar refractivity (Wildman–Crippen MR) is 136 cm³/mol. The van der Waals surface area contributed by atoms with Crippen molar-refractivity contribution in [2.24, 2.45) is 0 Å². The van der Waals surface area contributed by atoms with E-state index in [-0.39, 0.29) is 12.1 Å². The van der Waals surface area contributed by atoms with Gasteiger partial charge in [-0.1, -0.05) is 24.3 Å². The van der Waals surface area contributed by atoms with E-state index in [1.807, 2.05) is 38.1 Å². The second-order valence-corrected chi connectivity index (χ2v) is 8.05. The zero-order valence-electron chi connectivity index (χ0n) is 20.9. The summed E-state index contributed by atoms with van der Waals surface area (Å²) in [5.41, 5.74) is 9.18. The van der Waals surface area contributed by atoms with Gasteiger partial charge in [-0.2, -0.15) is 5.10 Å². The quantitative estimate of drug-likeness (QED) is 0.295. The van der Waals surface area contributed by atoms with E-state index in [0.717, 1.165) is 17.2 Å². The number of rotatable bonds is 11. The molecular weight excluding hydrogens is 479 g/mol. The maximum absolute atomic E-state index is 13.6. The molecule has 1 amide bonds. The number of methoxy groups -OCH3 is 1. The van der Waals surface area contributed by atoms with Crippen LogP contribution in [0, 0.1) is 5.82 Å². The largest absolute Gasteiger partial charge is 0.496 e. The van der Waals surface area contributed by atoms with Crippen LogP contribution in [0.2, 0.25) is 0 Å². The summed E-state index contributed by atoms with van der Waals surface area (Å²) in [5, 5.41) is 8.18. The molecule has 0 saturated heterocycles. The number of halogens is 1. The first-order chi connectivity index (χ1) is 17.9. The molecule has 0 radical (unpaired) electrons. The SMILES string of the molecule is CCOC(Cn1nc(-c2ccc(CNC(=O)c3cc(F)ccc3OC)cc2)c2c(N)ncnc21)OCC. The van der Waals surface area contributed by atoms with Gasteiger partial charge in [-0.25, -0.2) is 19.0 Å². The van der Waals surface area contributed by atoms with Crippen LogP contribution in [0.4, 0.5) is 10.2 Å². The number of anilines is 1. The Morgan fingerprint density at radius 3 is 2.51 bits per heavy atom. The lowest BCUT2D eigenvalue weighted by molar-refractivity contribution is -0.144. The first-order valence-corrected chi connectivity index (χ1v) is 11.9. The summed E-state index contributed by atoms with van der Waals surface area (Å²) in [6, 6.07) is 11.3. The van der Waals surface area contributed by atoms with E-state index in [4.69, 9.17) is 25.0 Å². The number of amides is 1. The number of carbonyl (C=O) groups is 1. The molecule has 194 valence electrons. The Morgan fingerprint density at radius 2 is 1.84 bits per heavy atom. The zero-order chi connectivity index (χ0) is 26.4. The number of hydrogen-bond acceptors (Lipinski definition) is 8. The smallest absolute Gasteiger partial charge is 0.255 e. The van der Waals surface area contributed by atoms with Gasteiger partial charge < -0.3 is 25.3 Å².